The molecule has 180 valence electrons. The maximum absolute atomic E-state index is 13.5. The van der Waals surface area contributed by atoms with Crippen molar-refractivity contribution in [2.24, 2.45) is 4.99 Å². The van der Waals surface area contributed by atoms with Gasteiger partial charge >= 0.3 is 12.0 Å². The van der Waals surface area contributed by atoms with E-state index in [-0.39, 0.29) is 24.0 Å². The number of amides is 3. The third kappa shape index (κ3) is 5.43. The number of amidine groups is 1. The predicted molar refractivity (Wildman–Crippen MR) is 133 cm³/mol. The van der Waals surface area contributed by atoms with E-state index in [0.29, 0.717) is 22.1 Å². The van der Waals surface area contributed by atoms with Crippen LogP contribution in [0.3, 0.4) is 0 Å². The molecular formula is C25H23FN4O4S. The van der Waals surface area contributed by atoms with Crippen LogP contribution < -0.4 is 15.5 Å². The molecule has 3 amide bonds. The van der Waals surface area contributed by atoms with Gasteiger partial charge in [0.25, 0.3) is 5.91 Å². The fourth-order valence-electron chi connectivity index (χ4n) is 3.65. The van der Waals surface area contributed by atoms with Gasteiger partial charge in [-0.1, -0.05) is 42.1 Å². The average molecular weight is 495 g/mol. The molecular weight excluding hydrogens is 471 g/mol. The molecule has 2 aromatic carbocycles. The van der Waals surface area contributed by atoms with Crippen molar-refractivity contribution in [1.82, 2.24) is 10.6 Å². The Hall–Kier alpha value is -3.92. The number of urea groups is 1. The van der Waals surface area contributed by atoms with Gasteiger partial charge in [-0.3, -0.25) is 9.69 Å². The van der Waals surface area contributed by atoms with E-state index in [1.54, 1.807) is 19.9 Å². The summed E-state index contributed by atoms with van der Waals surface area (Å²) in [5, 5.41) is 5.65. The third-order valence-electron chi connectivity index (χ3n) is 5.23. The molecule has 0 fully saturated rings. The number of hydrogen-bond acceptors (Lipinski definition) is 6. The van der Waals surface area contributed by atoms with Crippen LogP contribution in [0.25, 0.3) is 6.08 Å². The van der Waals surface area contributed by atoms with Crippen LogP contribution in [-0.4, -0.2) is 41.5 Å². The number of carbonyl (C=O) groups excluding carboxylic acids is 3. The van der Waals surface area contributed by atoms with Crippen molar-refractivity contribution in [1.29, 1.82) is 0 Å². The second-order valence-corrected chi connectivity index (χ2v) is 8.62. The molecule has 0 saturated carbocycles. The van der Waals surface area contributed by atoms with Crippen molar-refractivity contribution < 1.29 is 23.5 Å². The Morgan fingerprint density at radius 2 is 1.89 bits per heavy atom. The molecule has 0 aliphatic carbocycles. The number of benzene rings is 2. The van der Waals surface area contributed by atoms with Crippen molar-refractivity contribution in [3.63, 3.8) is 0 Å². The minimum Gasteiger partial charge on any atom is -0.463 e. The lowest BCUT2D eigenvalue weighted by Gasteiger charge is -2.27. The topological polar surface area (TPSA) is 100 Å². The highest BCUT2D eigenvalue weighted by Gasteiger charge is 2.34. The van der Waals surface area contributed by atoms with Crippen molar-refractivity contribution >= 4 is 46.6 Å². The Morgan fingerprint density at radius 1 is 1.17 bits per heavy atom. The van der Waals surface area contributed by atoms with Crippen LogP contribution >= 0.6 is 11.8 Å². The van der Waals surface area contributed by atoms with Gasteiger partial charge in [0.1, 0.15) is 11.5 Å². The summed E-state index contributed by atoms with van der Waals surface area (Å²) < 4.78 is 18.7. The first-order chi connectivity index (χ1) is 16.9. The van der Waals surface area contributed by atoms with Gasteiger partial charge in [-0.2, -0.15) is 0 Å². The fourth-order valence-corrected chi connectivity index (χ4v) is 4.63. The fraction of sp³-hybridized carbons (Fsp3) is 0.200. The van der Waals surface area contributed by atoms with Crippen LogP contribution in [0.4, 0.5) is 14.9 Å². The monoisotopic (exact) mass is 494 g/mol. The van der Waals surface area contributed by atoms with Gasteiger partial charge in [-0.15, -0.1) is 0 Å². The highest BCUT2D eigenvalue weighted by Crippen LogP contribution is 2.31. The molecule has 1 unspecified atom stereocenters. The summed E-state index contributed by atoms with van der Waals surface area (Å²) in [4.78, 5) is 43.8. The van der Waals surface area contributed by atoms with Gasteiger partial charge in [0.15, 0.2) is 5.17 Å². The van der Waals surface area contributed by atoms with Gasteiger partial charge in [0, 0.05) is 11.4 Å². The first kappa shape index (κ1) is 24.2. The molecule has 2 aromatic rings. The smallest absolute Gasteiger partial charge is 0.337 e. The van der Waals surface area contributed by atoms with Gasteiger partial charge in [-0.25, -0.2) is 19.0 Å². The van der Waals surface area contributed by atoms with E-state index in [1.165, 1.54) is 40.9 Å². The number of thioether (sulfide) groups is 1. The van der Waals surface area contributed by atoms with E-state index in [0.717, 1.165) is 5.56 Å². The van der Waals surface area contributed by atoms with E-state index < -0.39 is 23.9 Å². The van der Waals surface area contributed by atoms with Crippen LogP contribution in [0, 0.1) is 5.82 Å². The number of rotatable bonds is 6. The largest absolute Gasteiger partial charge is 0.463 e. The number of anilines is 1. The average Bonchev–Trinajstić information content (AvgIpc) is 3.13. The van der Waals surface area contributed by atoms with Crippen molar-refractivity contribution in [2.75, 3.05) is 17.3 Å². The molecule has 35 heavy (non-hydrogen) atoms. The number of hydrogen-bond donors (Lipinski definition) is 2. The lowest BCUT2D eigenvalue weighted by atomic mass is 10.1. The molecule has 0 saturated heterocycles. The summed E-state index contributed by atoms with van der Waals surface area (Å²) in [5.41, 5.74) is 2.14. The van der Waals surface area contributed by atoms with E-state index in [9.17, 15) is 18.8 Å². The SMILES string of the molecule is CCOC(=O)C1=C(CSC2=N/C(=C/c3ccccc3)C(=O)N2c2ccc(F)cc2)NC(=O)NC1C. The van der Waals surface area contributed by atoms with Crippen molar-refractivity contribution in [2.45, 2.75) is 19.9 Å². The summed E-state index contributed by atoms with van der Waals surface area (Å²) in [6, 6.07) is 13.8. The Labute approximate surface area is 205 Å². The molecule has 2 heterocycles. The summed E-state index contributed by atoms with van der Waals surface area (Å²) in [6.45, 7) is 3.58. The van der Waals surface area contributed by atoms with Crippen LogP contribution in [0.2, 0.25) is 0 Å². The van der Waals surface area contributed by atoms with Crippen LogP contribution in [0.1, 0.15) is 19.4 Å². The number of nitrogens with one attached hydrogen (secondary N) is 2. The molecule has 0 aromatic heterocycles. The number of esters is 1. The zero-order chi connectivity index (χ0) is 24.9. The summed E-state index contributed by atoms with van der Waals surface area (Å²) in [7, 11) is 0. The number of halogens is 1. The third-order valence-corrected chi connectivity index (χ3v) is 6.19. The number of nitrogens with zero attached hydrogens (tertiary/aromatic N) is 2. The molecule has 2 aliphatic rings. The van der Waals surface area contributed by atoms with Crippen molar-refractivity contribution in [3.05, 3.63) is 82.9 Å². The standard InChI is InChI=1S/C25H23FN4O4S/c1-3-34-23(32)21-15(2)27-24(33)28-20(21)14-35-25-29-19(13-16-7-5-4-6-8-16)22(31)30(25)18-11-9-17(26)10-12-18/h4-13,15H,3,14H2,1-2H3,(H2,27,28,33)/b19-13+. The van der Waals surface area contributed by atoms with Gasteiger partial charge in [0.05, 0.1) is 23.9 Å². The van der Waals surface area contributed by atoms with Crippen molar-refractivity contribution in [3.8, 4) is 0 Å². The van der Waals surface area contributed by atoms with E-state index in [4.69, 9.17) is 4.74 Å². The number of ether oxygens (including phenoxy) is 1. The molecule has 8 nitrogen and oxygen atoms in total. The molecule has 0 radical (unpaired) electrons. The zero-order valence-corrected chi connectivity index (χ0v) is 19.9. The lowest BCUT2D eigenvalue weighted by Crippen LogP contribution is -2.49. The Kier molecular flexibility index (Phi) is 7.31. The summed E-state index contributed by atoms with van der Waals surface area (Å²) >= 11 is 1.17. The quantitative estimate of drug-likeness (QED) is 0.470. The Bertz CT molecular complexity index is 1240. The second-order valence-electron chi connectivity index (χ2n) is 7.67. The normalized spacial score (nSPS) is 18.9. The van der Waals surface area contributed by atoms with Gasteiger partial charge < -0.3 is 15.4 Å². The maximum Gasteiger partial charge on any atom is 0.337 e. The summed E-state index contributed by atoms with van der Waals surface area (Å²) in [6.07, 6.45) is 1.67. The van der Waals surface area contributed by atoms with Gasteiger partial charge in [0.2, 0.25) is 0 Å². The number of carbonyl (C=O) groups is 3. The van der Waals surface area contributed by atoms with E-state index in [2.05, 4.69) is 15.6 Å². The predicted octanol–water partition coefficient (Wildman–Crippen LogP) is 3.82. The highest BCUT2D eigenvalue weighted by atomic mass is 32.2. The first-order valence-electron chi connectivity index (χ1n) is 10.9. The molecule has 2 aliphatic heterocycles. The zero-order valence-electron chi connectivity index (χ0n) is 19.1. The van der Waals surface area contributed by atoms with Crippen LogP contribution in [-0.2, 0) is 14.3 Å². The van der Waals surface area contributed by atoms with E-state index >= 15 is 0 Å². The second kappa shape index (κ2) is 10.6. The molecule has 2 N–H and O–H groups in total. The highest BCUT2D eigenvalue weighted by molar-refractivity contribution is 8.14. The minimum absolute atomic E-state index is 0.147. The number of aliphatic imine (C=N–C) groups is 1. The first-order valence-corrected chi connectivity index (χ1v) is 11.9. The van der Waals surface area contributed by atoms with Crippen LogP contribution in [0.15, 0.2) is 76.6 Å². The van der Waals surface area contributed by atoms with Gasteiger partial charge in [-0.05, 0) is 49.8 Å². The minimum atomic E-state index is -0.549. The lowest BCUT2D eigenvalue weighted by molar-refractivity contribution is -0.139. The van der Waals surface area contributed by atoms with Crippen LogP contribution in [0.5, 0.6) is 0 Å². The molecule has 4 rings (SSSR count). The molecule has 10 heteroatoms. The summed E-state index contributed by atoms with van der Waals surface area (Å²) in [5.74, 6) is -1.19. The molecule has 0 bridgehead atoms. The molecule has 0 spiro atoms. The maximum atomic E-state index is 13.5. The Balaban J connectivity index is 1.68. The molecule has 1 atom stereocenters. The van der Waals surface area contributed by atoms with E-state index in [1.807, 2.05) is 30.3 Å². The Morgan fingerprint density at radius 3 is 2.57 bits per heavy atom.